The van der Waals surface area contributed by atoms with E-state index in [1.807, 2.05) is 31.2 Å². The molecular formula is C19H21FN4O. The molecule has 1 saturated heterocycles. The molecule has 2 aromatic carbocycles. The van der Waals surface area contributed by atoms with Crippen LogP contribution in [-0.2, 0) is 0 Å². The van der Waals surface area contributed by atoms with Crippen molar-refractivity contribution in [1.82, 2.24) is 5.43 Å². The largest absolute Gasteiger partial charge is 0.369 e. The number of halogens is 1. The van der Waals surface area contributed by atoms with E-state index in [2.05, 4.69) is 20.7 Å². The summed E-state index contributed by atoms with van der Waals surface area (Å²) >= 11 is 0. The number of nitrogens with one attached hydrogen (secondary N) is 2. The molecule has 6 heteroatoms. The molecule has 0 unspecified atom stereocenters. The van der Waals surface area contributed by atoms with Crippen molar-refractivity contribution in [3.05, 3.63) is 59.4 Å². The summed E-state index contributed by atoms with van der Waals surface area (Å²) in [6, 6.07) is 11.9. The Labute approximate surface area is 146 Å². The number of hydrogen-bond donors (Lipinski definition) is 2. The summed E-state index contributed by atoms with van der Waals surface area (Å²) in [5, 5.41) is 6.56. The van der Waals surface area contributed by atoms with Crippen LogP contribution < -0.4 is 15.6 Å². The number of carbonyl (C=O) groups excluding carboxylic acids is 1. The third-order valence-electron chi connectivity index (χ3n) is 4.18. The Morgan fingerprint density at radius 2 is 1.92 bits per heavy atom. The third-order valence-corrected chi connectivity index (χ3v) is 4.18. The molecule has 0 atom stereocenters. The Bertz CT molecular complexity index is 770. The lowest BCUT2D eigenvalue weighted by Gasteiger charge is -2.19. The van der Waals surface area contributed by atoms with Crippen molar-refractivity contribution in [2.75, 3.05) is 23.3 Å². The normalized spacial score (nSPS) is 14.1. The number of benzene rings is 2. The molecule has 1 heterocycles. The molecule has 2 N–H and O–H groups in total. The van der Waals surface area contributed by atoms with Crippen molar-refractivity contribution >= 4 is 23.6 Å². The molecule has 5 nitrogen and oxygen atoms in total. The van der Waals surface area contributed by atoms with Gasteiger partial charge < -0.3 is 10.2 Å². The van der Waals surface area contributed by atoms with Crippen molar-refractivity contribution in [2.45, 2.75) is 19.8 Å². The fourth-order valence-corrected chi connectivity index (χ4v) is 2.86. The summed E-state index contributed by atoms with van der Waals surface area (Å²) in [5.74, 6) is -0.261. The van der Waals surface area contributed by atoms with Gasteiger partial charge in [0.05, 0.1) is 11.9 Å². The van der Waals surface area contributed by atoms with Crippen LogP contribution in [-0.4, -0.2) is 25.3 Å². The van der Waals surface area contributed by atoms with E-state index in [9.17, 15) is 9.18 Å². The van der Waals surface area contributed by atoms with Gasteiger partial charge in [0.1, 0.15) is 5.82 Å². The second-order valence-corrected chi connectivity index (χ2v) is 6.04. The second-order valence-electron chi connectivity index (χ2n) is 6.04. The Kier molecular flexibility index (Phi) is 5.28. The van der Waals surface area contributed by atoms with Gasteiger partial charge in [0.25, 0.3) is 0 Å². The maximum absolute atomic E-state index is 14.4. The van der Waals surface area contributed by atoms with Crippen molar-refractivity contribution in [2.24, 2.45) is 5.10 Å². The van der Waals surface area contributed by atoms with Crippen molar-refractivity contribution in [1.29, 1.82) is 0 Å². The average Bonchev–Trinajstić information content (AvgIpc) is 3.13. The van der Waals surface area contributed by atoms with Gasteiger partial charge >= 0.3 is 6.03 Å². The molecule has 130 valence electrons. The quantitative estimate of drug-likeness (QED) is 0.655. The molecule has 1 fully saturated rings. The lowest BCUT2D eigenvalue weighted by Crippen LogP contribution is -2.24. The van der Waals surface area contributed by atoms with Gasteiger partial charge in [-0.15, -0.1) is 0 Å². The standard InChI is InChI=1S/C19H21FN4O/c1-14-11-18(24-9-5-6-10-24)17(20)12-15(14)13-21-23-19(25)22-16-7-3-2-4-8-16/h2-4,7-8,11-13H,5-6,9-10H2,1H3,(H2,22,23,25)/b21-13+. The summed E-state index contributed by atoms with van der Waals surface area (Å²) in [4.78, 5) is 13.8. The summed E-state index contributed by atoms with van der Waals surface area (Å²) in [5.41, 5.74) is 5.25. The SMILES string of the molecule is Cc1cc(N2CCCC2)c(F)cc1/C=N/NC(=O)Nc1ccccc1. The predicted molar refractivity (Wildman–Crippen MR) is 98.8 cm³/mol. The molecule has 2 amide bonds. The fraction of sp³-hybridized carbons (Fsp3) is 0.263. The van der Waals surface area contributed by atoms with E-state index in [0.29, 0.717) is 16.9 Å². The minimum Gasteiger partial charge on any atom is -0.369 e. The van der Waals surface area contributed by atoms with Gasteiger partial charge in [-0.05, 0) is 49.6 Å². The smallest absolute Gasteiger partial charge is 0.339 e. The van der Waals surface area contributed by atoms with Crippen molar-refractivity contribution in [3.63, 3.8) is 0 Å². The number of hydrazone groups is 1. The highest BCUT2D eigenvalue weighted by molar-refractivity contribution is 5.90. The van der Waals surface area contributed by atoms with Gasteiger partial charge in [0, 0.05) is 24.3 Å². The first kappa shape index (κ1) is 17.0. The fourth-order valence-electron chi connectivity index (χ4n) is 2.86. The number of para-hydroxylation sites is 1. The zero-order valence-electron chi connectivity index (χ0n) is 14.1. The number of aryl methyl sites for hydroxylation is 1. The van der Waals surface area contributed by atoms with Crippen molar-refractivity contribution in [3.8, 4) is 0 Å². The molecular weight excluding hydrogens is 319 g/mol. The Morgan fingerprint density at radius 3 is 2.64 bits per heavy atom. The van der Waals surface area contributed by atoms with E-state index in [-0.39, 0.29) is 5.82 Å². The zero-order chi connectivity index (χ0) is 17.6. The summed E-state index contributed by atoms with van der Waals surface area (Å²) < 4.78 is 14.4. The van der Waals surface area contributed by atoms with E-state index >= 15 is 0 Å². The van der Waals surface area contributed by atoms with Crippen LogP contribution in [0.25, 0.3) is 0 Å². The molecule has 1 aliphatic rings. The summed E-state index contributed by atoms with van der Waals surface area (Å²) in [6.07, 6.45) is 3.65. The Balaban J connectivity index is 1.63. The number of hydrogen-bond acceptors (Lipinski definition) is 3. The Morgan fingerprint density at radius 1 is 1.20 bits per heavy atom. The first-order chi connectivity index (χ1) is 12.1. The summed E-state index contributed by atoms with van der Waals surface area (Å²) in [7, 11) is 0. The van der Waals surface area contributed by atoms with Gasteiger partial charge in [-0.1, -0.05) is 18.2 Å². The highest BCUT2D eigenvalue weighted by Crippen LogP contribution is 2.26. The summed E-state index contributed by atoms with van der Waals surface area (Å²) in [6.45, 7) is 3.69. The van der Waals surface area contributed by atoms with Crippen LogP contribution in [0, 0.1) is 12.7 Å². The number of urea groups is 1. The molecule has 0 radical (unpaired) electrons. The molecule has 1 aliphatic heterocycles. The number of carbonyl (C=O) groups is 1. The highest BCUT2D eigenvalue weighted by atomic mass is 19.1. The van der Waals surface area contributed by atoms with Gasteiger partial charge in [0.2, 0.25) is 0 Å². The highest BCUT2D eigenvalue weighted by Gasteiger charge is 2.17. The van der Waals surface area contributed by atoms with E-state index in [1.165, 1.54) is 12.3 Å². The van der Waals surface area contributed by atoms with Gasteiger partial charge in [-0.25, -0.2) is 14.6 Å². The number of rotatable bonds is 4. The van der Waals surface area contributed by atoms with Crippen LogP contribution in [0.1, 0.15) is 24.0 Å². The minimum atomic E-state index is -0.450. The number of anilines is 2. The molecule has 2 aromatic rings. The first-order valence-corrected chi connectivity index (χ1v) is 8.34. The molecule has 25 heavy (non-hydrogen) atoms. The van der Waals surface area contributed by atoms with Crippen LogP contribution in [0.2, 0.25) is 0 Å². The molecule has 3 rings (SSSR count). The minimum absolute atomic E-state index is 0.261. The van der Waals surface area contributed by atoms with Crippen molar-refractivity contribution < 1.29 is 9.18 Å². The number of nitrogens with zero attached hydrogens (tertiary/aromatic N) is 2. The van der Waals surface area contributed by atoms with Crippen LogP contribution in [0.5, 0.6) is 0 Å². The van der Waals surface area contributed by atoms with E-state index in [4.69, 9.17) is 0 Å². The van der Waals surface area contributed by atoms with Gasteiger partial charge in [-0.3, -0.25) is 0 Å². The maximum Gasteiger partial charge on any atom is 0.339 e. The van der Waals surface area contributed by atoms with Crippen LogP contribution in [0.15, 0.2) is 47.6 Å². The molecule has 0 spiro atoms. The lowest BCUT2D eigenvalue weighted by atomic mass is 10.1. The maximum atomic E-state index is 14.4. The molecule has 0 aliphatic carbocycles. The molecule has 0 bridgehead atoms. The topological polar surface area (TPSA) is 56.7 Å². The van der Waals surface area contributed by atoms with Crippen LogP contribution >= 0.6 is 0 Å². The Hall–Kier alpha value is -2.89. The first-order valence-electron chi connectivity index (χ1n) is 8.34. The van der Waals surface area contributed by atoms with Crippen LogP contribution in [0.3, 0.4) is 0 Å². The monoisotopic (exact) mass is 340 g/mol. The van der Waals surface area contributed by atoms with E-state index < -0.39 is 6.03 Å². The lowest BCUT2D eigenvalue weighted by molar-refractivity contribution is 0.252. The molecule has 0 aromatic heterocycles. The second kappa shape index (κ2) is 7.79. The number of amides is 2. The van der Waals surface area contributed by atoms with E-state index in [0.717, 1.165) is 31.5 Å². The van der Waals surface area contributed by atoms with Gasteiger partial charge in [0.15, 0.2) is 0 Å². The molecule has 0 saturated carbocycles. The van der Waals surface area contributed by atoms with E-state index in [1.54, 1.807) is 12.1 Å². The van der Waals surface area contributed by atoms with Gasteiger partial charge in [-0.2, -0.15) is 5.10 Å². The average molecular weight is 340 g/mol. The third kappa shape index (κ3) is 4.35. The zero-order valence-corrected chi connectivity index (χ0v) is 14.1. The predicted octanol–water partition coefficient (Wildman–Crippen LogP) is 3.89. The van der Waals surface area contributed by atoms with Crippen LogP contribution in [0.4, 0.5) is 20.6 Å².